The maximum absolute atomic E-state index is 4.62. The molecule has 2 aliphatic carbocycles. The maximum Gasteiger partial charge on any atom is 0.0353 e. The summed E-state index contributed by atoms with van der Waals surface area (Å²) < 4.78 is 0. The van der Waals surface area contributed by atoms with Crippen molar-refractivity contribution < 1.29 is 0 Å². The molecule has 0 fully saturated rings. The molecule has 0 spiro atoms. The molecule has 2 heteroatoms. The zero-order valence-corrected chi connectivity index (χ0v) is 21.3. The second-order valence-corrected chi connectivity index (χ2v) is 11.3. The summed E-state index contributed by atoms with van der Waals surface area (Å²) in [6, 6.07) is 33.5. The second-order valence-electron chi connectivity index (χ2n) is 10.2. The number of fused-ring (bicyclic) bond motifs is 3. The Morgan fingerprint density at radius 1 is 0.595 bits per heavy atom. The van der Waals surface area contributed by atoms with Crippen LogP contribution >= 0.6 is 11.8 Å². The maximum atomic E-state index is 4.62. The monoisotopic (exact) mass is 491 g/mol. The number of hydrogen-bond donors (Lipinski definition) is 0. The van der Waals surface area contributed by atoms with Gasteiger partial charge >= 0.3 is 0 Å². The van der Waals surface area contributed by atoms with Crippen LogP contribution in [0.1, 0.15) is 24.8 Å². The van der Waals surface area contributed by atoms with E-state index in [0.717, 1.165) is 6.42 Å². The largest absolute Gasteiger partial charge is 0.264 e. The van der Waals surface area contributed by atoms with Gasteiger partial charge in [-0.15, -0.1) is 0 Å². The van der Waals surface area contributed by atoms with Crippen molar-refractivity contribution in [2.24, 2.45) is 0 Å². The Kier molecular flexibility index (Phi) is 4.78. The van der Waals surface area contributed by atoms with Crippen LogP contribution in [0, 0.1) is 0 Å². The first kappa shape index (κ1) is 21.2. The van der Waals surface area contributed by atoms with E-state index >= 15 is 0 Å². The fourth-order valence-electron chi connectivity index (χ4n) is 6.57. The fraction of sp³-hybridized carbons (Fsp3) is 0.114. The summed E-state index contributed by atoms with van der Waals surface area (Å²) in [6.07, 6.45) is 8.78. The molecule has 0 amide bonds. The number of nitrogens with zero attached hydrogens (tertiary/aromatic N) is 1. The highest BCUT2D eigenvalue weighted by Crippen LogP contribution is 2.47. The summed E-state index contributed by atoms with van der Waals surface area (Å²) in [7, 11) is 0. The lowest BCUT2D eigenvalue weighted by Crippen LogP contribution is -2.31. The molecule has 0 saturated heterocycles. The Bertz CT molecular complexity index is 1960. The molecule has 37 heavy (non-hydrogen) atoms. The van der Waals surface area contributed by atoms with E-state index in [1.807, 2.05) is 18.0 Å². The molecule has 176 valence electrons. The molecule has 1 heterocycles. The molecule has 0 radical (unpaired) electrons. The van der Waals surface area contributed by atoms with Crippen LogP contribution in [0.5, 0.6) is 0 Å². The van der Waals surface area contributed by atoms with Gasteiger partial charge in [0.1, 0.15) is 0 Å². The Hall–Kier alpha value is -3.88. The zero-order chi connectivity index (χ0) is 24.3. The minimum Gasteiger partial charge on any atom is -0.264 e. The lowest BCUT2D eigenvalue weighted by Gasteiger charge is -2.20. The van der Waals surface area contributed by atoms with Crippen molar-refractivity contribution in [3.63, 3.8) is 0 Å². The van der Waals surface area contributed by atoms with E-state index in [0.29, 0.717) is 0 Å². The average Bonchev–Trinajstić information content (AvgIpc) is 3.39. The highest BCUT2D eigenvalue weighted by molar-refractivity contribution is 8.08. The molecule has 1 nitrogen and oxygen atoms in total. The lowest BCUT2D eigenvalue weighted by molar-refractivity contribution is 0.986. The second kappa shape index (κ2) is 8.33. The van der Waals surface area contributed by atoms with Crippen LogP contribution < -0.4 is 10.4 Å². The van der Waals surface area contributed by atoms with Crippen molar-refractivity contribution in [3.8, 4) is 11.1 Å². The number of benzene rings is 5. The van der Waals surface area contributed by atoms with Gasteiger partial charge in [-0.25, -0.2) is 0 Å². The summed E-state index contributed by atoms with van der Waals surface area (Å²) in [5.41, 5.74) is 5.76. The van der Waals surface area contributed by atoms with Gasteiger partial charge < -0.3 is 0 Å². The minimum absolute atomic E-state index is 1.13. The molecule has 0 saturated carbocycles. The van der Waals surface area contributed by atoms with Crippen molar-refractivity contribution in [2.75, 3.05) is 0 Å². The van der Waals surface area contributed by atoms with Crippen molar-refractivity contribution in [3.05, 3.63) is 119 Å². The van der Waals surface area contributed by atoms with Gasteiger partial charge in [0.25, 0.3) is 0 Å². The third-order valence-corrected chi connectivity index (χ3v) is 9.53. The van der Waals surface area contributed by atoms with Gasteiger partial charge in [-0.05, 0) is 90.7 Å². The number of aromatic nitrogens is 1. The first-order valence-electron chi connectivity index (χ1n) is 13.1. The molecule has 0 N–H and O–H groups in total. The quantitative estimate of drug-likeness (QED) is 0.233. The Labute approximate surface area is 220 Å². The molecular weight excluding hydrogens is 466 g/mol. The van der Waals surface area contributed by atoms with Crippen LogP contribution in [0.15, 0.2) is 108 Å². The van der Waals surface area contributed by atoms with Gasteiger partial charge in [0, 0.05) is 22.7 Å². The zero-order valence-electron chi connectivity index (χ0n) is 20.5. The van der Waals surface area contributed by atoms with Crippen LogP contribution in [0.2, 0.25) is 0 Å². The molecular formula is C35H25NS. The highest BCUT2D eigenvalue weighted by atomic mass is 32.2. The van der Waals surface area contributed by atoms with Crippen LogP contribution in [0.4, 0.5) is 0 Å². The number of hydrogen-bond acceptors (Lipinski definition) is 2. The topological polar surface area (TPSA) is 12.9 Å². The Morgan fingerprint density at radius 2 is 1.35 bits per heavy atom. The van der Waals surface area contributed by atoms with E-state index in [4.69, 9.17) is 0 Å². The lowest BCUT2D eigenvalue weighted by atomic mass is 9.90. The summed E-state index contributed by atoms with van der Waals surface area (Å²) in [4.78, 5) is 7.48. The van der Waals surface area contributed by atoms with E-state index in [-0.39, 0.29) is 0 Å². The van der Waals surface area contributed by atoms with Crippen molar-refractivity contribution in [2.45, 2.75) is 30.6 Å². The predicted molar refractivity (Wildman–Crippen MR) is 158 cm³/mol. The molecule has 8 rings (SSSR count). The van der Waals surface area contributed by atoms with Crippen LogP contribution in [-0.4, -0.2) is 4.98 Å². The molecule has 0 aliphatic heterocycles. The minimum atomic E-state index is 1.13. The first-order valence-corrected chi connectivity index (χ1v) is 14.0. The van der Waals surface area contributed by atoms with E-state index in [1.165, 1.54) is 83.3 Å². The van der Waals surface area contributed by atoms with Crippen molar-refractivity contribution in [1.29, 1.82) is 0 Å². The summed E-state index contributed by atoms with van der Waals surface area (Å²) in [5.74, 6) is 0. The number of thioether (sulfide) groups is 1. The SMILES string of the molecule is c1cc2c3c(c1)=C(Sc1c4ccccc4c(-c4cccc5ccccc45)c4cnccc14)CCC=3CC2. The van der Waals surface area contributed by atoms with Gasteiger partial charge in [-0.3, -0.25) is 4.98 Å². The van der Waals surface area contributed by atoms with Crippen molar-refractivity contribution in [1.82, 2.24) is 4.98 Å². The smallest absolute Gasteiger partial charge is 0.0353 e. The third-order valence-electron chi connectivity index (χ3n) is 8.21. The standard InChI is InChI=1S/C35H25NS/c1-2-10-25-22(7-1)8-5-13-26(25)34-27-11-3-4-12-28(27)35(29-19-20-36-21-31(29)34)37-32-18-17-24-16-15-23-9-6-14-30(32)33(23)24/h1-14,19-21H,15-18H2. The van der Waals surface area contributed by atoms with Gasteiger partial charge in [-0.2, -0.15) is 0 Å². The highest BCUT2D eigenvalue weighted by Gasteiger charge is 2.22. The third kappa shape index (κ3) is 3.22. The Balaban J connectivity index is 1.46. The Morgan fingerprint density at radius 3 is 2.30 bits per heavy atom. The molecule has 1 aromatic heterocycles. The van der Waals surface area contributed by atoms with Crippen LogP contribution in [0.25, 0.3) is 53.9 Å². The molecule has 2 aliphatic rings. The number of aryl methyl sites for hydroxylation is 1. The fourth-order valence-corrected chi connectivity index (χ4v) is 7.88. The van der Waals surface area contributed by atoms with E-state index < -0.39 is 0 Å². The summed E-state index contributed by atoms with van der Waals surface area (Å²) >= 11 is 1.99. The molecule has 0 atom stereocenters. The summed E-state index contributed by atoms with van der Waals surface area (Å²) in [5, 5.41) is 10.7. The van der Waals surface area contributed by atoms with Gasteiger partial charge in [0.05, 0.1) is 0 Å². The predicted octanol–water partition coefficient (Wildman–Crippen LogP) is 8.00. The number of rotatable bonds is 3. The number of pyridine rings is 1. The molecule has 6 aromatic rings. The van der Waals surface area contributed by atoms with E-state index in [2.05, 4.69) is 102 Å². The molecule has 0 unspecified atom stereocenters. The molecule has 5 aromatic carbocycles. The van der Waals surface area contributed by atoms with Gasteiger partial charge in [-0.1, -0.05) is 102 Å². The van der Waals surface area contributed by atoms with Crippen LogP contribution in [0.3, 0.4) is 0 Å². The van der Waals surface area contributed by atoms with E-state index in [1.54, 1.807) is 10.8 Å². The average molecular weight is 492 g/mol. The van der Waals surface area contributed by atoms with Gasteiger partial charge in [0.2, 0.25) is 0 Å². The first-order chi connectivity index (χ1) is 18.4. The van der Waals surface area contributed by atoms with Crippen molar-refractivity contribution >= 4 is 54.6 Å². The normalized spacial score (nSPS) is 14.6. The van der Waals surface area contributed by atoms with Crippen LogP contribution in [-0.2, 0) is 6.42 Å². The summed E-state index contributed by atoms with van der Waals surface area (Å²) in [6.45, 7) is 0. The van der Waals surface area contributed by atoms with Gasteiger partial charge in [0.15, 0.2) is 0 Å². The van der Waals surface area contributed by atoms with E-state index in [9.17, 15) is 0 Å². The molecule has 0 bridgehead atoms.